The van der Waals surface area contributed by atoms with Gasteiger partial charge in [-0.15, -0.1) is 11.6 Å². The standard InChI is InChI=1S/C13H12BrClN2O/c1-8-5-11(3-4-12(8)14)18-13-16-9(2)6-10(7-15)17-13/h3-6H,7H2,1-2H3. The lowest BCUT2D eigenvalue weighted by atomic mass is 10.2. The second-order valence-corrected chi connectivity index (χ2v) is 5.05. The van der Waals surface area contributed by atoms with Crippen LogP contribution in [0.15, 0.2) is 28.7 Å². The molecule has 0 bridgehead atoms. The smallest absolute Gasteiger partial charge is 0.322 e. The molecule has 18 heavy (non-hydrogen) atoms. The Morgan fingerprint density at radius 3 is 2.67 bits per heavy atom. The van der Waals surface area contributed by atoms with Gasteiger partial charge in [-0.2, -0.15) is 4.98 Å². The number of rotatable bonds is 3. The third-order valence-electron chi connectivity index (χ3n) is 2.36. The van der Waals surface area contributed by atoms with Crippen molar-refractivity contribution in [1.82, 2.24) is 9.97 Å². The molecule has 0 radical (unpaired) electrons. The number of aromatic nitrogens is 2. The first-order chi connectivity index (χ1) is 8.58. The maximum absolute atomic E-state index is 5.77. The van der Waals surface area contributed by atoms with Crippen LogP contribution in [-0.4, -0.2) is 9.97 Å². The minimum atomic E-state index is 0.326. The quantitative estimate of drug-likeness (QED) is 0.784. The maximum Gasteiger partial charge on any atom is 0.322 e. The van der Waals surface area contributed by atoms with Gasteiger partial charge in [-0.25, -0.2) is 4.98 Å². The molecule has 0 saturated heterocycles. The van der Waals surface area contributed by atoms with Crippen molar-refractivity contribution in [2.24, 2.45) is 0 Å². The molecule has 0 unspecified atom stereocenters. The summed E-state index contributed by atoms with van der Waals surface area (Å²) >= 11 is 9.21. The highest BCUT2D eigenvalue weighted by atomic mass is 79.9. The summed E-state index contributed by atoms with van der Waals surface area (Å²) < 4.78 is 6.68. The van der Waals surface area contributed by atoms with E-state index < -0.39 is 0 Å². The topological polar surface area (TPSA) is 35.0 Å². The summed E-state index contributed by atoms with van der Waals surface area (Å²) in [6.07, 6.45) is 0. The molecule has 2 rings (SSSR count). The van der Waals surface area contributed by atoms with Crippen LogP contribution in [-0.2, 0) is 5.88 Å². The summed E-state index contributed by atoms with van der Waals surface area (Å²) in [5.41, 5.74) is 2.69. The fraction of sp³-hybridized carbons (Fsp3) is 0.231. The summed E-state index contributed by atoms with van der Waals surface area (Å²) in [5, 5.41) is 0. The zero-order chi connectivity index (χ0) is 13.1. The molecular weight excluding hydrogens is 316 g/mol. The fourth-order valence-electron chi connectivity index (χ4n) is 1.50. The Hall–Kier alpha value is -1.13. The average Bonchev–Trinajstić information content (AvgIpc) is 2.33. The average molecular weight is 328 g/mol. The van der Waals surface area contributed by atoms with Crippen molar-refractivity contribution >= 4 is 27.5 Å². The molecule has 0 saturated carbocycles. The maximum atomic E-state index is 5.77. The molecule has 1 aromatic heterocycles. The van der Waals surface area contributed by atoms with Crippen molar-refractivity contribution < 1.29 is 4.74 Å². The number of benzene rings is 1. The first-order valence-electron chi connectivity index (χ1n) is 5.43. The van der Waals surface area contributed by atoms with Gasteiger partial charge in [0.1, 0.15) is 5.75 Å². The second kappa shape index (κ2) is 5.67. The molecule has 94 valence electrons. The van der Waals surface area contributed by atoms with Crippen molar-refractivity contribution in [3.05, 3.63) is 45.7 Å². The number of alkyl halides is 1. The Kier molecular flexibility index (Phi) is 4.19. The van der Waals surface area contributed by atoms with Gasteiger partial charge in [-0.3, -0.25) is 0 Å². The monoisotopic (exact) mass is 326 g/mol. The highest BCUT2D eigenvalue weighted by Crippen LogP contribution is 2.24. The van der Waals surface area contributed by atoms with Crippen molar-refractivity contribution in [3.63, 3.8) is 0 Å². The van der Waals surface area contributed by atoms with Crippen LogP contribution < -0.4 is 4.74 Å². The van der Waals surface area contributed by atoms with Crippen LogP contribution in [0.4, 0.5) is 0 Å². The van der Waals surface area contributed by atoms with Crippen LogP contribution in [0.3, 0.4) is 0 Å². The van der Waals surface area contributed by atoms with Gasteiger partial charge in [0.25, 0.3) is 0 Å². The van der Waals surface area contributed by atoms with Gasteiger partial charge in [0.15, 0.2) is 0 Å². The van der Waals surface area contributed by atoms with Crippen LogP contribution in [0.2, 0.25) is 0 Å². The molecule has 1 heterocycles. The molecule has 0 aliphatic carbocycles. The van der Waals surface area contributed by atoms with Crippen molar-refractivity contribution in [2.75, 3.05) is 0 Å². The summed E-state index contributed by atoms with van der Waals surface area (Å²) in [4.78, 5) is 8.45. The number of hydrogen-bond acceptors (Lipinski definition) is 3. The third-order valence-corrected chi connectivity index (χ3v) is 3.53. The van der Waals surface area contributed by atoms with E-state index in [1.165, 1.54) is 0 Å². The molecule has 5 heteroatoms. The van der Waals surface area contributed by atoms with E-state index in [1.807, 2.05) is 38.1 Å². The lowest BCUT2D eigenvalue weighted by Gasteiger charge is -2.07. The molecule has 0 amide bonds. The molecule has 1 aromatic carbocycles. The van der Waals surface area contributed by atoms with Gasteiger partial charge in [0.2, 0.25) is 0 Å². The first kappa shape index (κ1) is 13.3. The van der Waals surface area contributed by atoms with E-state index in [9.17, 15) is 0 Å². The van der Waals surface area contributed by atoms with Crippen molar-refractivity contribution in [3.8, 4) is 11.8 Å². The van der Waals surface area contributed by atoms with E-state index in [0.29, 0.717) is 17.6 Å². The van der Waals surface area contributed by atoms with E-state index in [4.69, 9.17) is 16.3 Å². The predicted molar refractivity (Wildman–Crippen MR) is 75.3 cm³/mol. The lowest BCUT2D eigenvalue weighted by molar-refractivity contribution is 0.438. The number of ether oxygens (including phenoxy) is 1. The van der Waals surface area contributed by atoms with Crippen LogP contribution in [0.25, 0.3) is 0 Å². The molecule has 2 aromatic rings. The SMILES string of the molecule is Cc1cc(CCl)nc(Oc2ccc(Br)c(C)c2)n1. The Balaban J connectivity index is 2.27. The van der Waals surface area contributed by atoms with Crippen LogP contribution >= 0.6 is 27.5 Å². The summed E-state index contributed by atoms with van der Waals surface area (Å²) in [5.74, 6) is 1.06. The highest BCUT2D eigenvalue weighted by Gasteiger charge is 2.05. The molecule has 0 spiro atoms. The highest BCUT2D eigenvalue weighted by molar-refractivity contribution is 9.10. The molecular formula is C13H12BrClN2O. The predicted octanol–water partition coefficient (Wildman–Crippen LogP) is 4.39. The number of halogens is 2. The van der Waals surface area contributed by atoms with E-state index in [0.717, 1.165) is 21.4 Å². The van der Waals surface area contributed by atoms with Crippen molar-refractivity contribution in [1.29, 1.82) is 0 Å². The Morgan fingerprint density at radius 2 is 2.00 bits per heavy atom. The third kappa shape index (κ3) is 3.21. The molecule has 0 aliphatic heterocycles. The zero-order valence-electron chi connectivity index (χ0n) is 10.1. The summed E-state index contributed by atoms with van der Waals surface area (Å²) in [6.45, 7) is 3.88. The van der Waals surface area contributed by atoms with Gasteiger partial charge < -0.3 is 4.74 Å². The summed E-state index contributed by atoms with van der Waals surface area (Å²) in [6, 6.07) is 7.89. The van der Waals surface area contributed by atoms with Gasteiger partial charge >= 0.3 is 6.01 Å². The zero-order valence-corrected chi connectivity index (χ0v) is 12.4. The van der Waals surface area contributed by atoms with Crippen LogP contribution in [0.5, 0.6) is 11.8 Å². The van der Waals surface area contributed by atoms with Gasteiger partial charge in [-0.05, 0) is 43.7 Å². The van der Waals surface area contributed by atoms with Crippen LogP contribution in [0.1, 0.15) is 17.0 Å². The van der Waals surface area contributed by atoms with Gasteiger partial charge in [0, 0.05) is 10.2 Å². The second-order valence-electron chi connectivity index (χ2n) is 3.93. The fourth-order valence-corrected chi connectivity index (χ4v) is 1.89. The van der Waals surface area contributed by atoms with Crippen LogP contribution in [0, 0.1) is 13.8 Å². The minimum absolute atomic E-state index is 0.326. The number of nitrogens with zero attached hydrogens (tertiary/aromatic N) is 2. The molecule has 3 nitrogen and oxygen atoms in total. The molecule has 0 fully saturated rings. The van der Waals surface area contributed by atoms with Gasteiger partial charge in [0.05, 0.1) is 11.6 Å². The molecule has 0 N–H and O–H groups in total. The lowest BCUT2D eigenvalue weighted by Crippen LogP contribution is -1.97. The van der Waals surface area contributed by atoms with E-state index in [2.05, 4.69) is 25.9 Å². The Labute approximate surface area is 119 Å². The minimum Gasteiger partial charge on any atom is -0.424 e. The van der Waals surface area contributed by atoms with E-state index >= 15 is 0 Å². The van der Waals surface area contributed by atoms with E-state index in [-0.39, 0.29) is 0 Å². The van der Waals surface area contributed by atoms with E-state index in [1.54, 1.807) is 0 Å². The number of hydrogen-bond donors (Lipinski definition) is 0. The Bertz CT molecular complexity index is 575. The first-order valence-corrected chi connectivity index (χ1v) is 6.76. The summed E-state index contributed by atoms with van der Waals surface area (Å²) in [7, 11) is 0. The molecule has 0 atom stereocenters. The largest absolute Gasteiger partial charge is 0.424 e. The normalized spacial score (nSPS) is 10.4. The Morgan fingerprint density at radius 1 is 1.22 bits per heavy atom. The van der Waals surface area contributed by atoms with Crippen molar-refractivity contribution in [2.45, 2.75) is 19.7 Å². The van der Waals surface area contributed by atoms with Gasteiger partial charge in [-0.1, -0.05) is 15.9 Å². The molecule has 0 aliphatic rings. The number of aryl methyl sites for hydroxylation is 2.